The predicted molar refractivity (Wildman–Crippen MR) is 107 cm³/mol. The number of benzene rings is 1. The molecule has 3 rings (SSSR count). The fourth-order valence-electron chi connectivity index (χ4n) is 3.39. The number of aliphatic hydroxyl groups is 1. The van der Waals surface area contributed by atoms with Gasteiger partial charge >= 0.3 is 0 Å². The number of hydrogen-bond acceptors (Lipinski definition) is 5. The van der Waals surface area contributed by atoms with Gasteiger partial charge in [0.2, 0.25) is 0 Å². The molecule has 2 N–H and O–H groups in total. The number of thiophene rings is 1. The molecule has 27 heavy (non-hydrogen) atoms. The fourth-order valence-corrected chi connectivity index (χ4v) is 4.29. The Hall–Kier alpha value is -2.05. The molecule has 1 aliphatic rings. The summed E-state index contributed by atoms with van der Waals surface area (Å²) in [6.45, 7) is 4.75. The number of fused-ring (bicyclic) bond motifs is 1. The van der Waals surface area contributed by atoms with E-state index in [1.54, 1.807) is 11.3 Å². The monoisotopic (exact) mass is 389 g/mol. The van der Waals surface area contributed by atoms with Crippen molar-refractivity contribution in [2.45, 2.75) is 44.6 Å². The van der Waals surface area contributed by atoms with Crippen molar-refractivity contribution >= 4 is 17.2 Å². The van der Waals surface area contributed by atoms with E-state index >= 15 is 0 Å². The number of hydrogen-bond donors (Lipinski definition) is 2. The zero-order valence-corrected chi connectivity index (χ0v) is 16.7. The Balaban J connectivity index is 1.46. The Morgan fingerprint density at radius 3 is 2.93 bits per heavy atom. The molecule has 1 aliphatic heterocycles. The Morgan fingerprint density at radius 2 is 2.19 bits per heavy atom. The van der Waals surface area contributed by atoms with Gasteiger partial charge in [-0.15, -0.1) is 11.3 Å². The second-order valence-electron chi connectivity index (χ2n) is 7.43. The van der Waals surface area contributed by atoms with E-state index in [0.717, 1.165) is 24.2 Å². The van der Waals surface area contributed by atoms with Crippen LogP contribution in [0.1, 0.15) is 43.0 Å². The fraction of sp³-hybridized carbons (Fsp3) is 0.476. The number of aliphatic hydroxyl groups excluding tert-OH is 1. The van der Waals surface area contributed by atoms with E-state index < -0.39 is 0 Å². The standard InChI is InChI=1S/C21H27NO4S/c1-21(2)13-16-5-3-6-17(20(16)26-21)25-14-19(24)22-10-8-15(9-11-23)18-7-4-12-27-18/h3-7,12,15,23H,8-11,13-14H2,1-2H3,(H,22,24)/t15-/m1/s1. The lowest BCUT2D eigenvalue weighted by Crippen LogP contribution is -2.30. The second kappa shape index (κ2) is 8.76. The lowest BCUT2D eigenvalue weighted by Gasteiger charge is -2.18. The third-order valence-electron chi connectivity index (χ3n) is 4.65. The largest absolute Gasteiger partial charge is 0.483 e. The summed E-state index contributed by atoms with van der Waals surface area (Å²) in [5.41, 5.74) is 0.869. The van der Waals surface area contributed by atoms with E-state index in [2.05, 4.69) is 11.4 Å². The van der Waals surface area contributed by atoms with Crippen molar-refractivity contribution < 1.29 is 19.4 Å². The van der Waals surface area contributed by atoms with Gasteiger partial charge in [-0.1, -0.05) is 18.2 Å². The van der Waals surface area contributed by atoms with Gasteiger partial charge in [-0.25, -0.2) is 0 Å². The molecular weight excluding hydrogens is 362 g/mol. The van der Waals surface area contributed by atoms with Crippen LogP contribution in [0.15, 0.2) is 35.7 Å². The first kappa shape index (κ1) is 19.7. The first-order chi connectivity index (χ1) is 13.0. The van der Waals surface area contributed by atoms with E-state index in [-0.39, 0.29) is 30.6 Å². The average Bonchev–Trinajstić information content (AvgIpc) is 3.25. The minimum atomic E-state index is -0.242. The van der Waals surface area contributed by atoms with Crippen molar-refractivity contribution in [2.75, 3.05) is 19.8 Å². The van der Waals surface area contributed by atoms with E-state index in [4.69, 9.17) is 9.47 Å². The molecule has 1 atom stereocenters. The molecule has 5 nitrogen and oxygen atoms in total. The maximum absolute atomic E-state index is 12.1. The molecule has 6 heteroatoms. The summed E-state index contributed by atoms with van der Waals surface area (Å²) in [7, 11) is 0. The van der Waals surface area contributed by atoms with E-state index in [1.807, 2.05) is 43.5 Å². The first-order valence-electron chi connectivity index (χ1n) is 9.33. The molecule has 0 spiro atoms. The van der Waals surface area contributed by atoms with Gasteiger partial charge in [0.1, 0.15) is 5.60 Å². The van der Waals surface area contributed by atoms with Crippen molar-refractivity contribution in [3.8, 4) is 11.5 Å². The summed E-state index contributed by atoms with van der Waals surface area (Å²) in [5.74, 6) is 1.48. The number of carbonyl (C=O) groups is 1. The van der Waals surface area contributed by atoms with Gasteiger partial charge < -0.3 is 19.9 Å². The van der Waals surface area contributed by atoms with Crippen LogP contribution in [0.4, 0.5) is 0 Å². The van der Waals surface area contributed by atoms with Crippen molar-refractivity contribution in [1.82, 2.24) is 5.32 Å². The summed E-state index contributed by atoms with van der Waals surface area (Å²) in [6, 6.07) is 9.88. The number of nitrogens with one attached hydrogen (secondary N) is 1. The Labute approximate surface area is 164 Å². The zero-order valence-electron chi connectivity index (χ0n) is 15.9. The number of amides is 1. The lowest BCUT2D eigenvalue weighted by atomic mass is 10.00. The van der Waals surface area contributed by atoms with Gasteiger partial charge in [-0.3, -0.25) is 4.79 Å². The van der Waals surface area contributed by atoms with Crippen LogP contribution in [0.2, 0.25) is 0 Å². The highest BCUT2D eigenvalue weighted by Crippen LogP contribution is 2.41. The predicted octanol–water partition coefficient (Wildman–Crippen LogP) is 3.51. The molecule has 146 valence electrons. The molecule has 0 saturated carbocycles. The van der Waals surface area contributed by atoms with Crippen molar-refractivity contribution in [2.24, 2.45) is 0 Å². The van der Waals surface area contributed by atoms with Crippen LogP contribution < -0.4 is 14.8 Å². The van der Waals surface area contributed by atoms with Gasteiger partial charge in [0.25, 0.3) is 5.91 Å². The van der Waals surface area contributed by atoms with Crippen LogP contribution in [0.25, 0.3) is 0 Å². The molecule has 0 saturated heterocycles. The van der Waals surface area contributed by atoms with Gasteiger partial charge in [0, 0.05) is 30.0 Å². The summed E-state index contributed by atoms with van der Waals surface area (Å²) in [6.07, 6.45) is 2.34. The molecule has 1 aromatic carbocycles. The van der Waals surface area contributed by atoms with Crippen LogP contribution >= 0.6 is 11.3 Å². The SMILES string of the molecule is CC1(C)Cc2cccc(OCC(=O)NCC[C@H](CCO)c3cccs3)c2O1. The van der Waals surface area contributed by atoms with Crippen LogP contribution in [-0.4, -0.2) is 36.4 Å². The summed E-state index contributed by atoms with van der Waals surface area (Å²) < 4.78 is 11.7. The van der Waals surface area contributed by atoms with E-state index in [9.17, 15) is 9.90 Å². The average molecular weight is 390 g/mol. The molecule has 0 bridgehead atoms. The maximum Gasteiger partial charge on any atom is 0.257 e. The van der Waals surface area contributed by atoms with Gasteiger partial charge in [0.15, 0.2) is 18.1 Å². The topological polar surface area (TPSA) is 67.8 Å². The van der Waals surface area contributed by atoms with Crippen molar-refractivity contribution in [3.63, 3.8) is 0 Å². The highest BCUT2D eigenvalue weighted by atomic mass is 32.1. The molecule has 1 aromatic heterocycles. The molecule has 0 fully saturated rings. The maximum atomic E-state index is 12.1. The van der Waals surface area contributed by atoms with E-state index in [0.29, 0.717) is 18.7 Å². The smallest absolute Gasteiger partial charge is 0.257 e. The highest BCUT2D eigenvalue weighted by molar-refractivity contribution is 7.10. The molecule has 0 radical (unpaired) electrons. The van der Waals surface area contributed by atoms with Gasteiger partial charge in [0.05, 0.1) is 0 Å². The summed E-state index contributed by atoms with van der Waals surface area (Å²) in [5, 5.41) is 14.2. The Morgan fingerprint density at radius 1 is 1.33 bits per heavy atom. The summed E-state index contributed by atoms with van der Waals surface area (Å²) in [4.78, 5) is 13.4. The number of ether oxygens (including phenoxy) is 2. The number of carbonyl (C=O) groups excluding carboxylic acids is 1. The minimum Gasteiger partial charge on any atom is -0.483 e. The lowest BCUT2D eigenvalue weighted by molar-refractivity contribution is -0.123. The molecular formula is C21H27NO4S. The molecule has 1 amide bonds. The minimum absolute atomic E-state index is 0.0378. The van der Waals surface area contributed by atoms with Crippen molar-refractivity contribution in [3.05, 3.63) is 46.2 Å². The third-order valence-corrected chi connectivity index (χ3v) is 5.69. The molecule has 0 unspecified atom stereocenters. The Bertz CT molecular complexity index is 758. The van der Waals surface area contributed by atoms with E-state index in [1.165, 1.54) is 4.88 Å². The normalized spacial score (nSPS) is 15.7. The van der Waals surface area contributed by atoms with Gasteiger partial charge in [-0.05, 0) is 50.1 Å². The van der Waals surface area contributed by atoms with Crippen LogP contribution in [0, 0.1) is 0 Å². The number of para-hydroxylation sites is 1. The molecule has 2 heterocycles. The molecule has 0 aliphatic carbocycles. The van der Waals surface area contributed by atoms with Gasteiger partial charge in [-0.2, -0.15) is 0 Å². The van der Waals surface area contributed by atoms with Crippen LogP contribution in [0.5, 0.6) is 11.5 Å². The number of rotatable bonds is 9. The molecule has 2 aromatic rings. The van der Waals surface area contributed by atoms with Crippen LogP contribution in [0.3, 0.4) is 0 Å². The van der Waals surface area contributed by atoms with Crippen LogP contribution in [-0.2, 0) is 11.2 Å². The Kier molecular flexibility index (Phi) is 6.39. The third kappa shape index (κ3) is 5.23. The zero-order chi connectivity index (χ0) is 19.3. The van der Waals surface area contributed by atoms with Crippen molar-refractivity contribution in [1.29, 1.82) is 0 Å². The second-order valence-corrected chi connectivity index (χ2v) is 8.41. The highest BCUT2D eigenvalue weighted by Gasteiger charge is 2.32. The summed E-state index contributed by atoms with van der Waals surface area (Å²) >= 11 is 1.69. The quantitative estimate of drug-likeness (QED) is 0.689. The first-order valence-corrected chi connectivity index (χ1v) is 10.2.